The number of ether oxygens (including phenoxy) is 1. The second-order valence-electron chi connectivity index (χ2n) is 6.16. The lowest BCUT2D eigenvalue weighted by Gasteiger charge is -2.27. The van der Waals surface area contributed by atoms with E-state index in [1.165, 1.54) is 5.01 Å². The van der Waals surface area contributed by atoms with E-state index in [-0.39, 0.29) is 30.2 Å². The Hall–Kier alpha value is -2.41. The number of aliphatic carboxylic acids is 1. The molecular weight excluding hydrogens is 310 g/mol. The molecule has 7 nitrogen and oxygen atoms in total. The van der Waals surface area contributed by atoms with E-state index in [1.54, 1.807) is 12.1 Å². The Morgan fingerprint density at radius 3 is 2.75 bits per heavy atom. The van der Waals surface area contributed by atoms with Gasteiger partial charge < -0.3 is 15.2 Å². The van der Waals surface area contributed by atoms with Crippen molar-refractivity contribution < 1.29 is 19.4 Å². The predicted octanol–water partition coefficient (Wildman–Crippen LogP) is 1.39. The number of benzene rings is 1. The maximum atomic E-state index is 12.5. The summed E-state index contributed by atoms with van der Waals surface area (Å²) >= 11 is 0. The van der Waals surface area contributed by atoms with Gasteiger partial charge in [-0.1, -0.05) is 18.2 Å². The predicted molar refractivity (Wildman–Crippen MR) is 89.0 cm³/mol. The van der Waals surface area contributed by atoms with E-state index in [9.17, 15) is 14.7 Å². The molecule has 1 saturated heterocycles. The Kier molecular flexibility index (Phi) is 4.80. The van der Waals surface area contributed by atoms with Crippen molar-refractivity contribution in [3.63, 3.8) is 0 Å². The molecule has 0 radical (unpaired) electrons. The Bertz CT molecular complexity index is 646. The number of rotatable bonds is 4. The van der Waals surface area contributed by atoms with E-state index < -0.39 is 12.0 Å². The number of nitrogens with zero attached hydrogens (tertiary/aromatic N) is 2. The zero-order chi connectivity index (χ0) is 17.1. The highest BCUT2D eigenvalue weighted by Crippen LogP contribution is 2.25. The van der Waals surface area contributed by atoms with E-state index >= 15 is 0 Å². The van der Waals surface area contributed by atoms with Crippen LogP contribution in [0.4, 0.5) is 5.69 Å². The molecule has 0 bridgehead atoms. The molecule has 3 unspecified atom stereocenters. The van der Waals surface area contributed by atoms with Crippen molar-refractivity contribution in [2.24, 2.45) is 5.10 Å². The first-order chi connectivity index (χ1) is 11.5. The molecule has 0 spiro atoms. The minimum absolute atomic E-state index is 0.0398. The van der Waals surface area contributed by atoms with Gasteiger partial charge in [-0.3, -0.25) is 9.80 Å². The highest BCUT2D eigenvalue weighted by atomic mass is 16.5. The van der Waals surface area contributed by atoms with Crippen LogP contribution in [0.1, 0.15) is 26.2 Å². The molecule has 128 valence electrons. The fourth-order valence-corrected chi connectivity index (χ4v) is 3.06. The summed E-state index contributed by atoms with van der Waals surface area (Å²) in [5, 5.41) is 18.1. The molecule has 1 aromatic rings. The van der Waals surface area contributed by atoms with Gasteiger partial charge >= 0.3 is 5.97 Å². The minimum atomic E-state index is -0.995. The van der Waals surface area contributed by atoms with Gasteiger partial charge in [-0.15, -0.1) is 0 Å². The number of anilines is 1. The number of carbonyl (C=O) groups excluding carboxylic acids is 1. The Morgan fingerprint density at radius 1 is 1.33 bits per heavy atom. The highest BCUT2D eigenvalue weighted by molar-refractivity contribution is 6.40. The molecule has 2 aliphatic heterocycles. The van der Waals surface area contributed by atoms with Gasteiger partial charge in [-0.05, 0) is 31.9 Å². The fourth-order valence-electron chi connectivity index (χ4n) is 3.06. The van der Waals surface area contributed by atoms with Crippen LogP contribution in [-0.2, 0) is 14.3 Å². The topological polar surface area (TPSA) is 91.2 Å². The van der Waals surface area contributed by atoms with Crippen LogP contribution in [0.2, 0.25) is 0 Å². The molecule has 0 aliphatic carbocycles. The number of hydrogen-bond acceptors (Lipinski definition) is 5. The Morgan fingerprint density at radius 2 is 2.08 bits per heavy atom. The second kappa shape index (κ2) is 7.00. The lowest BCUT2D eigenvalue weighted by Crippen LogP contribution is -2.44. The van der Waals surface area contributed by atoms with Crippen molar-refractivity contribution >= 4 is 23.3 Å². The molecule has 2 heterocycles. The van der Waals surface area contributed by atoms with E-state index in [0.29, 0.717) is 12.3 Å². The van der Waals surface area contributed by atoms with Crippen molar-refractivity contribution in [3.8, 4) is 0 Å². The van der Waals surface area contributed by atoms with Gasteiger partial charge in [-0.2, -0.15) is 5.10 Å². The van der Waals surface area contributed by atoms with Crippen molar-refractivity contribution in [1.29, 1.82) is 0 Å². The maximum absolute atomic E-state index is 12.5. The minimum Gasteiger partial charge on any atom is -0.480 e. The lowest BCUT2D eigenvalue weighted by molar-refractivity contribution is -0.138. The van der Waals surface area contributed by atoms with Gasteiger partial charge in [0.2, 0.25) is 0 Å². The van der Waals surface area contributed by atoms with Crippen molar-refractivity contribution in [3.05, 3.63) is 30.3 Å². The first kappa shape index (κ1) is 16.4. The summed E-state index contributed by atoms with van der Waals surface area (Å²) < 4.78 is 5.47. The van der Waals surface area contributed by atoms with Gasteiger partial charge in [0.05, 0.1) is 11.8 Å². The number of hydrazone groups is 1. The van der Waals surface area contributed by atoms with Crippen LogP contribution in [0.25, 0.3) is 0 Å². The molecule has 1 aromatic carbocycles. The van der Waals surface area contributed by atoms with Crippen LogP contribution < -0.4 is 10.3 Å². The number of hydrogen-bond donors (Lipinski definition) is 2. The van der Waals surface area contributed by atoms with Crippen LogP contribution in [0, 0.1) is 0 Å². The molecule has 2 N–H and O–H groups in total. The molecule has 2 aliphatic rings. The first-order valence-electron chi connectivity index (χ1n) is 8.11. The Balaban J connectivity index is 1.73. The SMILES string of the molecule is CC1CC(NC(=O)C2=NN(c3ccccc3)C(C(=O)O)C2)CCO1. The third-order valence-corrected chi connectivity index (χ3v) is 4.30. The van der Waals surface area contributed by atoms with E-state index in [1.807, 2.05) is 25.1 Å². The first-order valence-corrected chi connectivity index (χ1v) is 8.11. The van der Waals surface area contributed by atoms with Crippen LogP contribution in [-0.4, -0.2) is 47.5 Å². The van der Waals surface area contributed by atoms with Crippen molar-refractivity contribution in [1.82, 2.24) is 5.32 Å². The highest BCUT2D eigenvalue weighted by Gasteiger charge is 2.36. The van der Waals surface area contributed by atoms with E-state index in [0.717, 1.165) is 12.8 Å². The van der Waals surface area contributed by atoms with Crippen molar-refractivity contribution in [2.75, 3.05) is 11.6 Å². The number of para-hydroxylation sites is 1. The molecule has 3 rings (SSSR count). The fraction of sp³-hybridized carbons (Fsp3) is 0.471. The number of amides is 1. The number of nitrogens with one attached hydrogen (secondary N) is 1. The number of carboxylic acid groups (broad SMARTS) is 1. The molecule has 24 heavy (non-hydrogen) atoms. The molecule has 0 saturated carbocycles. The second-order valence-corrected chi connectivity index (χ2v) is 6.16. The van der Waals surface area contributed by atoms with Gasteiger partial charge in [0.1, 0.15) is 5.71 Å². The van der Waals surface area contributed by atoms with Crippen LogP contribution in [0.15, 0.2) is 35.4 Å². The monoisotopic (exact) mass is 331 g/mol. The third kappa shape index (κ3) is 3.56. The molecular formula is C17H21N3O4. The summed E-state index contributed by atoms with van der Waals surface area (Å²) in [6, 6.07) is 8.20. The van der Waals surface area contributed by atoms with Crippen molar-refractivity contribution in [2.45, 2.75) is 44.4 Å². The van der Waals surface area contributed by atoms with Gasteiger partial charge in [0, 0.05) is 19.1 Å². The van der Waals surface area contributed by atoms with Gasteiger partial charge in [0.25, 0.3) is 5.91 Å². The average Bonchev–Trinajstić information content (AvgIpc) is 3.01. The molecule has 0 aromatic heterocycles. The zero-order valence-electron chi connectivity index (χ0n) is 13.5. The summed E-state index contributed by atoms with van der Waals surface area (Å²) in [6.07, 6.45) is 1.72. The van der Waals surface area contributed by atoms with Gasteiger partial charge in [-0.25, -0.2) is 4.79 Å². The summed E-state index contributed by atoms with van der Waals surface area (Å²) in [4.78, 5) is 24.0. The molecule has 1 amide bonds. The molecule has 3 atom stereocenters. The zero-order valence-corrected chi connectivity index (χ0v) is 13.5. The molecule has 1 fully saturated rings. The summed E-state index contributed by atoms with van der Waals surface area (Å²) in [5.74, 6) is -1.29. The average molecular weight is 331 g/mol. The third-order valence-electron chi connectivity index (χ3n) is 4.30. The summed E-state index contributed by atoms with van der Waals surface area (Å²) in [5.41, 5.74) is 0.915. The summed E-state index contributed by atoms with van der Waals surface area (Å²) in [7, 11) is 0. The van der Waals surface area contributed by atoms with Crippen LogP contribution in [0.5, 0.6) is 0 Å². The van der Waals surface area contributed by atoms with Crippen LogP contribution in [0.3, 0.4) is 0 Å². The number of carbonyl (C=O) groups is 2. The maximum Gasteiger partial charge on any atom is 0.328 e. The molecule has 7 heteroatoms. The van der Waals surface area contributed by atoms with Gasteiger partial charge in [0.15, 0.2) is 6.04 Å². The largest absolute Gasteiger partial charge is 0.480 e. The number of carboxylic acids is 1. The smallest absolute Gasteiger partial charge is 0.328 e. The van der Waals surface area contributed by atoms with E-state index in [4.69, 9.17) is 4.74 Å². The normalized spacial score (nSPS) is 26.8. The Labute approximate surface area is 140 Å². The van der Waals surface area contributed by atoms with E-state index in [2.05, 4.69) is 10.4 Å². The van der Waals surface area contributed by atoms with Crippen LogP contribution >= 0.6 is 0 Å². The standard InChI is InChI=1S/C17H21N3O4/c1-11-9-12(7-8-24-11)18-16(21)14-10-15(17(22)23)20(19-14)13-5-3-2-4-6-13/h2-6,11-12,15H,7-10H2,1H3,(H,18,21)(H,22,23). The summed E-state index contributed by atoms with van der Waals surface area (Å²) in [6.45, 7) is 2.59. The lowest BCUT2D eigenvalue weighted by atomic mass is 10.0. The quantitative estimate of drug-likeness (QED) is 0.870.